The molecule has 0 aliphatic carbocycles. The Hall–Kier alpha value is -0.970. The summed E-state index contributed by atoms with van der Waals surface area (Å²) in [5.41, 5.74) is 0. The first-order valence-corrected chi connectivity index (χ1v) is 10.4. The van der Waals surface area contributed by atoms with Crippen molar-refractivity contribution >= 4 is 41.8 Å². The lowest BCUT2D eigenvalue weighted by molar-refractivity contribution is -0.137. The third kappa shape index (κ3) is 3.86. The highest BCUT2D eigenvalue weighted by molar-refractivity contribution is 9.10. The van der Waals surface area contributed by atoms with Gasteiger partial charge in [-0.25, -0.2) is 16.8 Å². The van der Waals surface area contributed by atoms with Gasteiger partial charge in [-0.15, -0.1) is 0 Å². The number of carbonyl (C=O) groups is 1. The minimum atomic E-state index is -4.08. The molecule has 0 radical (unpaired) electrons. The van der Waals surface area contributed by atoms with Crippen LogP contribution in [0.3, 0.4) is 0 Å². The Morgan fingerprint density at radius 1 is 1.32 bits per heavy atom. The first kappa shape index (κ1) is 17.4. The second kappa shape index (κ2) is 6.26. The molecule has 1 atom stereocenters. The molecule has 0 spiro atoms. The lowest BCUT2D eigenvalue weighted by Crippen LogP contribution is -2.44. The number of sulfonamides is 1. The normalized spacial score (nSPS) is 21.1. The molecule has 1 aliphatic heterocycles. The maximum Gasteiger partial charge on any atom is 0.318 e. The van der Waals surface area contributed by atoms with Crippen LogP contribution in [0.2, 0.25) is 0 Å². The highest BCUT2D eigenvalue weighted by Crippen LogP contribution is 2.25. The van der Waals surface area contributed by atoms with Gasteiger partial charge < -0.3 is 5.11 Å². The molecule has 0 aromatic heterocycles. The summed E-state index contributed by atoms with van der Waals surface area (Å²) in [6, 6.07) is 4.89. The van der Waals surface area contributed by atoms with E-state index in [1.54, 1.807) is 0 Å². The molecule has 122 valence electrons. The van der Waals surface area contributed by atoms with Crippen LogP contribution in [0.25, 0.3) is 0 Å². The summed E-state index contributed by atoms with van der Waals surface area (Å²) in [6.45, 7) is -0.765. The van der Waals surface area contributed by atoms with Gasteiger partial charge >= 0.3 is 5.97 Å². The van der Waals surface area contributed by atoms with E-state index in [4.69, 9.17) is 5.11 Å². The van der Waals surface area contributed by atoms with Gasteiger partial charge in [0.1, 0.15) is 6.54 Å². The number of hydrogen-bond acceptors (Lipinski definition) is 5. The molecule has 10 heteroatoms. The largest absolute Gasteiger partial charge is 0.480 e. The molecule has 1 N–H and O–H groups in total. The highest BCUT2D eigenvalue weighted by atomic mass is 79.9. The average molecular weight is 412 g/mol. The Morgan fingerprint density at radius 3 is 2.36 bits per heavy atom. The molecule has 0 unspecified atom stereocenters. The number of halogens is 1. The SMILES string of the molecule is O=C(O)CN([C@H]1CCS(=O)(=O)C1)S(=O)(=O)c1ccc(Br)cc1. The Bertz CT molecular complexity index is 772. The number of carboxylic acid groups (broad SMARTS) is 1. The van der Waals surface area contributed by atoms with E-state index in [1.807, 2.05) is 0 Å². The zero-order valence-corrected chi connectivity index (χ0v) is 14.6. The van der Waals surface area contributed by atoms with E-state index in [-0.39, 0.29) is 22.8 Å². The van der Waals surface area contributed by atoms with Gasteiger partial charge in [0.25, 0.3) is 0 Å². The van der Waals surface area contributed by atoms with Crippen LogP contribution in [-0.2, 0) is 24.7 Å². The third-order valence-corrected chi connectivity index (χ3v) is 7.52. The van der Waals surface area contributed by atoms with Crippen LogP contribution in [0.15, 0.2) is 33.6 Å². The summed E-state index contributed by atoms with van der Waals surface area (Å²) in [5, 5.41) is 8.97. The number of rotatable bonds is 5. The fourth-order valence-electron chi connectivity index (χ4n) is 2.29. The standard InChI is InChI=1S/C12H14BrNO6S2/c13-9-1-3-11(4-2-9)22(19,20)14(7-12(15)16)10-5-6-21(17,18)8-10/h1-4,10H,5-8H2,(H,15,16)/t10-/m0/s1. The first-order chi connectivity index (χ1) is 10.1. The van der Waals surface area contributed by atoms with Crippen molar-refractivity contribution in [3.05, 3.63) is 28.7 Å². The minimum absolute atomic E-state index is 0.0683. The molecule has 22 heavy (non-hydrogen) atoms. The molecule has 7 nitrogen and oxygen atoms in total. The number of benzene rings is 1. The molecule has 0 amide bonds. The van der Waals surface area contributed by atoms with Crippen molar-refractivity contribution in [1.82, 2.24) is 4.31 Å². The molecule has 0 bridgehead atoms. The molecule has 1 aliphatic rings. The van der Waals surface area contributed by atoms with Crippen molar-refractivity contribution in [2.75, 3.05) is 18.1 Å². The average Bonchev–Trinajstić information content (AvgIpc) is 2.76. The maximum atomic E-state index is 12.6. The van der Waals surface area contributed by atoms with Crippen molar-refractivity contribution in [1.29, 1.82) is 0 Å². The van der Waals surface area contributed by atoms with Gasteiger partial charge in [0.05, 0.1) is 16.4 Å². The van der Waals surface area contributed by atoms with Crippen molar-refractivity contribution in [2.45, 2.75) is 17.4 Å². The van der Waals surface area contributed by atoms with E-state index in [0.717, 1.165) is 4.31 Å². The molecular formula is C12H14BrNO6S2. The molecule has 1 saturated heterocycles. The van der Waals surface area contributed by atoms with E-state index < -0.39 is 38.4 Å². The van der Waals surface area contributed by atoms with Gasteiger partial charge in [-0.2, -0.15) is 4.31 Å². The smallest absolute Gasteiger partial charge is 0.318 e. The Balaban J connectivity index is 2.40. The zero-order valence-electron chi connectivity index (χ0n) is 11.3. The van der Waals surface area contributed by atoms with Crippen LogP contribution in [0, 0.1) is 0 Å². The first-order valence-electron chi connectivity index (χ1n) is 6.31. The fourth-order valence-corrected chi connectivity index (χ4v) is 5.98. The van der Waals surface area contributed by atoms with E-state index in [9.17, 15) is 21.6 Å². The molecule has 1 aromatic rings. The number of nitrogens with zero attached hydrogens (tertiary/aromatic N) is 1. The second-order valence-corrected chi connectivity index (χ2v) is 9.99. The second-order valence-electron chi connectivity index (χ2n) is 4.95. The van der Waals surface area contributed by atoms with Crippen molar-refractivity contribution in [3.63, 3.8) is 0 Å². The summed E-state index contributed by atoms with van der Waals surface area (Å²) in [4.78, 5) is 10.9. The predicted octanol–water partition coefficient (Wildman–Crippen LogP) is 0.712. The molecular weight excluding hydrogens is 398 g/mol. The quantitative estimate of drug-likeness (QED) is 0.763. The number of aliphatic carboxylic acids is 1. The predicted molar refractivity (Wildman–Crippen MR) is 82.7 cm³/mol. The number of carboxylic acids is 1. The molecule has 0 saturated carbocycles. The van der Waals surface area contributed by atoms with E-state index in [1.165, 1.54) is 24.3 Å². The molecule has 1 fully saturated rings. The van der Waals surface area contributed by atoms with Crippen LogP contribution < -0.4 is 0 Å². The maximum absolute atomic E-state index is 12.6. The Labute approximate surface area is 137 Å². The number of sulfone groups is 1. The fraction of sp³-hybridized carbons (Fsp3) is 0.417. The number of hydrogen-bond donors (Lipinski definition) is 1. The van der Waals surface area contributed by atoms with Crippen LogP contribution in [0.4, 0.5) is 0 Å². The monoisotopic (exact) mass is 411 g/mol. The van der Waals surface area contributed by atoms with Gasteiger partial charge in [-0.3, -0.25) is 4.79 Å². The third-order valence-electron chi connectivity index (χ3n) is 3.33. The Morgan fingerprint density at radius 2 is 1.91 bits per heavy atom. The van der Waals surface area contributed by atoms with E-state index >= 15 is 0 Å². The summed E-state index contributed by atoms with van der Waals surface area (Å²) in [5.74, 6) is -1.82. The summed E-state index contributed by atoms with van der Waals surface area (Å²) in [6.07, 6.45) is 0.103. The van der Waals surface area contributed by atoms with E-state index in [0.29, 0.717) is 4.47 Å². The van der Waals surface area contributed by atoms with Gasteiger partial charge in [0.15, 0.2) is 9.84 Å². The van der Waals surface area contributed by atoms with Crippen LogP contribution in [-0.4, -0.2) is 56.3 Å². The van der Waals surface area contributed by atoms with Gasteiger partial charge in [-0.1, -0.05) is 15.9 Å². The van der Waals surface area contributed by atoms with Gasteiger partial charge in [-0.05, 0) is 30.7 Å². The molecule has 1 heterocycles. The van der Waals surface area contributed by atoms with Crippen LogP contribution in [0.5, 0.6) is 0 Å². The van der Waals surface area contributed by atoms with Gasteiger partial charge in [0.2, 0.25) is 10.0 Å². The van der Waals surface area contributed by atoms with Crippen molar-refractivity contribution in [3.8, 4) is 0 Å². The topological polar surface area (TPSA) is 109 Å². The summed E-state index contributed by atoms with van der Waals surface area (Å²) >= 11 is 3.19. The summed E-state index contributed by atoms with van der Waals surface area (Å²) < 4.78 is 49.8. The van der Waals surface area contributed by atoms with Crippen molar-refractivity contribution < 1.29 is 26.7 Å². The Kier molecular flexibility index (Phi) is 4.95. The lowest BCUT2D eigenvalue weighted by atomic mass is 10.2. The minimum Gasteiger partial charge on any atom is -0.480 e. The van der Waals surface area contributed by atoms with Crippen LogP contribution in [0.1, 0.15) is 6.42 Å². The highest BCUT2D eigenvalue weighted by Gasteiger charge is 2.39. The van der Waals surface area contributed by atoms with Crippen LogP contribution >= 0.6 is 15.9 Å². The lowest BCUT2D eigenvalue weighted by Gasteiger charge is -2.25. The zero-order chi connectivity index (χ0) is 16.5. The molecule has 2 rings (SSSR count). The van der Waals surface area contributed by atoms with Crippen molar-refractivity contribution in [2.24, 2.45) is 0 Å². The van der Waals surface area contributed by atoms with E-state index in [2.05, 4.69) is 15.9 Å². The summed E-state index contributed by atoms with van der Waals surface area (Å²) in [7, 11) is -7.41. The van der Waals surface area contributed by atoms with Gasteiger partial charge in [0, 0.05) is 10.5 Å². The molecule has 1 aromatic carbocycles.